The molecule has 2 rings (SSSR count). The lowest BCUT2D eigenvalue weighted by Gasteiger charge is -1.97. The van der Waals surface area contributed by atoms with Crippen molar-refractivity contribution in [2.45, 2.75) is 18.9 Å². The number of H-pyrrole nitrogens is 1. The monoisotopic (exact) mass is 185 g/mol. The van der Waals surface area contributed by atoms with Crippen molar-refractivity contribution in [3.63, 3.8) is 0 Å². The largest absolute Gasteiger partial charge is 0.476 e. The zero-order valence-corrected chi connectivity index (χ0v) is 6.67. The second-order valence-electron chi connectivity index (χ2n) is 3.14. The molecule has 0 bridgehead atoms. The van der Waals surface area contributed by atoms with Crippen LogP contribution in [0.2, 0.25) is 0 Å². The summed E-state index contributed by atoms with van der Waals surface area (Å²) in [7, 11) is 0. The SMILES string of the molecule is O=C(O)c1[nH]c2c(c1F)CC(O)C2. The first-order valence-corrected chi connectivity index (χ1v) is 3.90. The van der Waals surface area contributed by atoms with E-state index in [9.17, 15) is 9.18 Å². The first-order chi connectivity index (χ1) is 6.09. The fourth-order valence-electron chi connectivity index (χ4n) is 1.64. The molecule has 0 radical (unpaired) electrons. The quantitative estimate of drug-likeness (QED) is 0.589. The summed E-state index contributed by atoms with van der Waals surface area (Å²) in [5.74, 6) is -2.04. The van der Waals surface area contributed by atoms with Gasteiger partial charge in [0.05, 0.1) is 6.10 Å². The molecule has 5 heteroatoms. The average molecular weight is 185 g/mol. The number of aliphatic hydroxyl groups excluding tert-OH is 1. The molecule has 1 heterocycles. The third-order valence-electron chi connectivity index (χ3n) is 2.22. The number of rotatable bonds is 1. The number of aromatic carboxylic acids is 1. The fourth-order valence-corrected chi connectivity index (χ4v) is 1.64. The predicted octanol–water partition coefficient (Wildman–Crippen LogP) is 0.311. The van der Waals surface area contributed by atoms with Crippen molar-refractivity contribution >= 4 is 5.97 Å². The molecule has 0 amide bonds. The van der Waals surface area contributed by atoms with E-state index < -0.39 is 23.6 Å². The molecule has 1 atom stereocenters. The standard InChI is InChI=1S/C8H8FNO3/c9-6-4-1-3(11)2-5(4)10-7(6)8(12)13/h3,10-11H,1-2H2,(H,12,13). The second kappa shape index (κ2) is 2.56. The Balaban J connectivity index is 2.47. The van der Waals surface area contributed by atoms with Crippen LogP contribution in [0.4, 0.5) is 4.39 Å². The highest BCUT2D eigenvalue weighted by Crippen LogP contribution is 2.26. The molecule has 3 N–H and O–H groups in total. The van der Waals surface area contributed by atoms with Crippen molar-refractivity contribution in [1.29, 1.82) is 0 Å². The number of aromatic amines is 1. The Morgan fingerprint density at radius 2 is 2.23 bits per heavy atom. The van der Waals surface area contributed by atoms with Crippen LogP contribution in [-0.4, -0.2) is 27.3 Å². The van der Waals surface area contributed by atoms with Crippen LogP contribution in [0.3, 0.4) is 0 Å². The van der Waals surface area contributed by atoms with Crippen molar-refractivity contribution in [1.82, 2.24) is 4.98 Å². The Morgan fingerprint density at radius 3 is 2.77 bits per heavy atom. The summed E-state index contributed by atoms with van der Waals surface area (Å²) in [6, 6.07) is 0. The molecule has 1 aliphatic rings. The van der Waals surface area contributed by atoms with E-state index >= 15 is 0 Å². The molecule has 0 spiro atoms. The molecular formula is C8H8FNO3. The van der Waals surface area contributed by atoms with Crippen LogP contribution >= 0.6 is 0 Å². The molecule has 13 heavy (non-hydrogen) atoms. The molecule has 1 unspecified atom stereocenters. The van der Waals surface area contributed by atoms with Gasteiger partial charge in [-0.2, -0.15) is 0 Å². The summed E-state index contributed by atoms with van der Waals surface area (Å²) in [6.07, 6.45) is -0.0802. The molecule has 0 saturated heterocycles. The van der Waals surface area contributed by atoms with Gasteiger partial charge in [-0.05, 0) is 0 Å². The maximum atomic E-state index is 13.2. The number of hydrogen-bond acceptors (Lipinski definition) is 2. The predicted molar refractivity (Wildman–Crippen MR) is 41.1 cm³/mol. The average Bonchev–Trinajstić information content (AvgIpc) is 2.51. The lowest BCUT2D eigenvalue weighted by Crippen LogP contribution is -2.08. The van der Waals surface area contributed by atoms with Crippen LogP contribution in [0.15, 0.2) is 0 Å². The Hall–Kier alpha value is -1.36. The van der Waals surface area contributed by atoms with E-state index in [1.807, 2.05) is 0 Å². The Bertz CT molecular complexity index is 372. The highest BCUT2D eigenvalue weighted by atomic mass is 19.1. The zero-order valence-electron chi connectivity index (χ0n) is 6.67. The lowest BCUT2D eigenvalue weighted by molar-refractivity contribution is 0.0685. The maximum absolute atomic E-state index is 13.2. The number of aromatic nitrogens is 1. The number of carboxylic acid groups (broad SMARTS) is 1. The zero-order chi connectivity index (χ0) is 9.59. The second-order valence-corrected chi connectivity index (χ2v) is 3.14. The van der Waals surface area contributed by atoms with Crippen molar-refractivity contribution in [3.05, 3.63) is 22.8 Å². The molecule has 0 aliphatic heterocycles. The van der Waals surface area contributed by atoms with E-state index in [4.69, 9.17) is 10.2 Å². The topological polar surface area (TPSA) is 73.3 Å². The smallest absolute Gasteiger partial charge is 0.355 e. The normalized spacial score (nSPS) is 20.3. The van der Waals surface area contributed by atoms with E-state index in [1.165, 1.54) is 0 Å². The van der Waals surface area contributed by atoms with E-state index in [-0.39, 0.29) is 6.42 Å². The number of aliphatic hydroxyl groups is 1. The van der Waals surface area contributed by atoms with Crippen LogP contribution in [0, 0.1) is 5.82 Å². The van der Waals surface area contributed by atoms with E-state index in [0.717, 1.165) is 0 Å². The third-order valence-corrected chi connectivity index (χ3v) is 2.22. The van der Waals surface area contributed by atoms with Crippen molar-refractivity contribution in [3.8, 4) is 0 Å². The first kappa shape index (κ1) is 8.25. The van der Waals surface area contributed by atoms with Gasteiger partial charge in [-0.1, -0.05) is 0 Å². The number of nitrogens with one attached hydrogen (secondary N) is 1. The summed E-state index contributed by atoms with van der Waals surface area (Å²) < 4.78 is 13.2. The van der Waals surface area contributed by atoms with E-state index in [2.05, 4.69) is 4.98 Å². The highest BCUT2D eigenvalue weighted by molar-refractivity contribution is 5.86. The molecule has 0 fully saturated rings. The van der Waals surface area contributed by atoms with E-state index in [0.29, 0.717) is 17.7 Å². The summed E-state index contributed by atoms with van der Waals surface area (Å²) in [6.45, 7) is 0. The van der Waals surface area contributed by atoms with Crippen LogP contribution in [0.5, 0.6) is 0 Å². The van der Waals surface area contributed by atoms with Gasteiger partial charge in [-0.15, -0.1) is 0 Å². The number of fused-ring (bicyclic) bond motifs is 1. The van der Waals surface area contributed by atoms with Crippen LogP contribution in [0.1, 0.15) is 21.7 Å². The van der Waals surface area contributed by atoms with Gasteiger partial charge in [0, 0.05) is 24.1 Å². The minimum atomic E-state index is -1.30. The van der Waals surface area contributed by atoms with Crippen molar-refractivity contribution < 1.29 is 19.4 Å². The molecule has 1 aromatic rings. The van der Waals surface area contributed by atoms with Crippen molar-refractivity contribution in [2.75, 3.05) is 0 Å². The molecule has 0 saturated carbocycles. The molecule has 0 aromatic carbocycles. The van der Waals surface area contributed by atoms with Gasteiger partial charge in [-0.25, -0.2) is 9.18 Å². The number of carboxylic acids is 1. The first-order valence-electron chi connectivity index (χ1n) is 3.90. The number of carbonyl (C=O) groups is 1. The Kier molecular flexibility index (Phi) is 1.63. The molecule has 70 valence electrons. The summed E-state index contributed by atoms with van der Waals surface area (Å²) in [5, 5.41) is 17.7. The summed E-state index contributed by atoms with van der Waals surface area (Å²) >= 11 is 0. The van der Waals surface area contributed by atoms with Gasteiger partial charge >= 0.3 is 5.97 Å². The van der Waals surface area contributed by atoms with Gasteiger partial charge in [-0.3, -0.25) is 0 Å². The summed E-state index contributed by atoms with van der Waals surface area (Å²) in [4.78, 5) is 12.9. The lowest BCUT2D eigenvalue weighted by atomic mass is 10.2. The van der Waals surface area contributed by atoms with Gasteiger partial charge in [0.25, 0.3) is 0 Å². The minimum absolute atomic E-state index is 0.199. The van der Waals surface area contributed by atoms with Gasteiger partial charge in [0.1, 0.15) is 0 Å². The minimum Gasteiger partial charge on any atom is -0.476 e. The van der Waals surface area contributed by atoms with E-state index in [1.54, 1.807) is 0 Å². The molecule has 4 nitrogen and oxygen atoms in total. The third kappa shape index (κ3) is 1.12. The van der Waals surface area contributed by atoms with Gasteiger partial charge < -0.3 is 15.2 Å². The van der Waals surface area contributed by atoms with Crippen LogP contribution in [0.25, 0.3) is 0 Å². The Morgan fingerprint density at radius 1 is 1.54 bits per heavy atom. The fraction of sp³-hybridized carbons (Fsp3) is 0.375. The molecule has 1 aromatic heterocycles. The molecular weight excluding hydrogens is 177 g/mol. The summed E-state index contributed by atoms with van der Waals surface area (Å²) in [5.41, 5.74) is 0.407. The van der Waals surface area contributed by atoms with Crippen molar-refractivity contribution in [2.24, 2.45) is 0 Å². The molecule has 1 aliphatic carbocycles. The number of hydrogen-bond donors (Lipinski definition) is 3. The highest BCUT2D eigenvalue weighted by Gasteiger charge is 2.29. The van der Waals surface area contributed by atoms with Crippen LogP contribution in [-0.2, 0) is 12.8 Å². The van der Waals surface area contributed by atoms with Gasteiger partial charge in [0.15, 0.2) is 11.5 Å². The maximum Gasteiger partial charge on any atom is 0.355 e. The van der Waals surface area contributed by atoms with Gasteiger partial charge in [0.2, 0.25) is 0 Å². The Labute approximate surface area is 73.0 Å². The van der Waals surface area contributed by atoms with Crippen LogP contribution < -0.4 is 0 Å². The number of halogens is 1.